The Kier molecular flexibility index (Phi) is 6.12. The van der Waals surface area contributed by atoms with Crippen LogP contribution in [-0.2, 0) is 22.4 Å². The van der Waals surface area contributed by atoms with Crippen LogP contribution in [0.2, 0.25) is 0 Å². The van der Waals surface area contributed by atoms with Crippen molar-refractivity contribution in [2.75, 3.05) is 16.3 Å². The van der Waals surface area contributed by atoms with Gasteiger partial charge in [-0.2, -0.15) is 13.2 Å². The maximum atomic E-state index is 13.9. The number of hydrogen-bond acceptors (Lipinski definition) is 3. The minimum atomic E-state index is -4.60. The number of anilines is 2. The molecule has 0 fully saturated rings. The highest BCUT2D eigenvalue weighted by Gasteiger charge is 2.43. The van der Waals surface area contributed by atoms with Gasteiger partial charge in [0, 0.05) is 12.2 Å². The summed E-state index contributed by atoms with van der Waals surface area (Å²) in [4.78, 5) is 30.0. The van der Waals surface area contributed by atoms with E-state index in [-0.39, 0.29) is 24.5 Å². The summed E-state index contributed by atoms with van der Waals surface area (Å²) < 4.78 is 40.7. The van der Waals surface area contributed by atoms with Crippen LogP contribution in [0.15, 0.2) is 66.4 Å². The number of nitrogens with zero attached hydrogens (tertiary/aromatic N) is 2. The molecule has 2 aliphatic rings. The molecule has 4 rings (SSSR count). The molecule has 2 aromatic carbocycles. The number of rotatable bonds is 4. The van der Waals surface area contributed by atoms with E-state index in [1.54, 1.807) is 43.3 Å². The van der Waals surface area contributed by atoms with Crippen molar-refractivity contribution in [3.63, 3.8) is 0 Å². The number of aliphatic hydroxyl groups excluding tert-OH is 1. The lowest BCUT2D eigenvalue weighted by atomic mass is 9.94. The number of fused-ring (bicyclic) bond motifs is 1. The molecule has 0 saturated carbocycles. The predicted octanol–water partition coefficient (Wildman–Crippen LogP) is 4.91. The molecule has 1 unspecified atom stereocenters. The first-order chi connectivity index (χ1) is 15.8. The van der Waals surface area contributed by atoms with Crippen LogP contribution in [0.4, 0.5) is 24.5 Å². The van der Waals surface area contributed by atoms with Crippen LogP contribution in [0.1, 0.15) is 42.4 Å². The summed E-state index contributed by atoms with van der Waals surface area (Å²) >= 11 is 0. The highest BCUT2D eigenvalue weighted by Crippen LogP contribution is 2.43. The van der Waals surface area contributed by atoms with Gasteiger partial charge in [0.2, 0.25) is 11.8 Å². The smallest absolute Gasteiger partial charge is 0.392 e. The molecule has 2 aromatic rings. The Morgan fingerprint density at radius 2 is 1.73 bits per heavy atom. The van der Waals surface area contributed by atoms with Gasteiger partial charge in [-0.15, -0.1) is 0 Å². The monoisotopic (exact) mass is 456 g/mol. The normalized spacial score (nSPS) is 18.8. The lowest BCUT2D eigenvalue weighted by Gasteiger charge is -2.28. The van der Waals surface area contributed by atoms with Gasteiger partial charge < -0.3 is 10.0 Å². The quantitative estimate of drug-likeness (QED) is 0.665. The van der Waals surface area contributed by atoms with Crippen LogP contribution in [0.3, 0.4) is 0 Å². The van der Waals surface area contributed by atoms with E-state index in [2.05, 4.69) is 0 Å². The van der Waals surface area contributed by atoms with Gasteiger partial charge in [-0.3, -0.25) is 14.5 Å². The zero-order chi connectivity index (χ0) is 23.8. The molecule has 33 heavy (non-hydrogen) atoms. The highest BCUT2D eigenvalue weighted by molar-refractivity contribution is 6.22. The third-order valence-electron chi connectivity index (χ3n) is 5.86. The van der Waals surface area contributed by atoms with Gasteiger partial charge in [0.15, 0.2) is 0 Å². The van der Waals surface area contributed by atoms with Gasteiger partial charge in [-0.25, -0.2) is 0 Å². The van der Waals surface area contributed by atoms with Gasteiger partial charge in [-0.05, 0) is 55.2 Å². The Morgan fingerprint density at radius 3 is 2.30 bits per heavy atom. The van der Waals surface area contributed by atoms with Gasteiger partial charge in [-0.1, -0.05) is 36.4 Å². The Balaban J connectivity index is 1.94. The van der Waals surface area contributed by atoms with E-state index in [9.17, 15) is 27.9 Å². The van der Waals surface area contributed by atoms with Crippen molar-refractivity contribution >= 4 is 23.2 Å². The summed E-state index contributed by atoms with van der Waals surface area (Å²) in [5.41, 5.74) is 0.848. The molecule has 0 spiro atoms. The number of alkyl halides is 3. The molecule has 1 atom stereocenters. The molecule has 0 aromatic heterocycles. The number of likely N-dealkylation sites (N-methyl/N-ethyl adjacent to an activating group) is 1. The second kappa shape index (κ2) is 8.86. The van der Waals surface area contributed by atoms with Crippen molar-refractivity contribution in [3.05, 3.63) is 83.1 Å². The van der Waals surface area contributed by atoms with Crippen molar-refractivity contribution in [1.82, 2.24) is 0 Å². The molecular formula is C25H23F3N2O3. The van der Waals surface area contributed by atoms with Crippen molar-refractivity contribution < 1.29 is 27.9 Å². The fourth-order valence-electron chi connectivity index (χ4n) is 4.19. The second-order valence-corrected chi connectivity index (χ2v) is 7.90. The number of aliphatic hydroxyl groups is 1. The molecule has 2 amide bonds. The number of halogens is 3. The summed E-state index contributed by atoms with van der Waals surface area (Å²) in [7, 11) is 0. The number of allylic oxidation sites excluding steroid dienone is 3. The zero-order valence-electron chi connectivity index (χ0n) is 18.0. The Labute approximate surface area is 189 Å². The van der Waals surface area contributed by atoms with Gasteiger partial charge in [0.05, 0.1) is 23.5 Å². The van der Waals surface area contributed by atoms with Gasteiger partial charge in [0.1, 0.15) is 5.92 Å². The number of carbonyl (C=O) groups excluding carboxylic acids is 2. The average Bonchev–Trinajstić information content (AvgIpc) is 2.90. The van der Waals surface area contributed by atoms with Crippen molar-refractivity contribution in [2.45, 2.75) is 38.5 Å². The Bertz CT molecular complexity index is 1140. The van der Waals surface area contributed by atoms with E-state index in [1.807, 2.05) is 6.08 Å². The first-order valence-electron chi connectivity index (χ1n) is 10.7. The van der Waals surface area contributed by atoms with E-state index >= 15 is 0 Å². The van der Waals surface area contributed by atoms with E-state index in [0.717, 1.165) is 18.6 Å². The first kappa shape index (κ1) is 22.8. The summed E-state index contributed by atoms with van der Waals surface area (Å²) in [5, 5.41) is 9.33. The van der Waals surface area contributed by atoms with Crippen LogP contribution in [0, 0.1) is 0 Å². The topological polar surface area (TPSA) is 60.9 Å². The van der Waals surface area contributed by atoms with E-state index < -0.39 is 29.5 Å². The van der Waals surface area contributed by atoms with E-state index in [1.165, 1.54) is 15.9 Å². The largest absolute Gasteiger partial charge is 0.416 e. The molecule has 1 heterocycles. The SMILES string of the molecule is CCN1C(=O)C(c2ccc(CO)cc2)C(=O)N(C2=CCCC=C2)c2cc(C(F)(F)F)ccc21. The van der Waals surface area contributed by atoms with Crippen LogP contribution in [0.25, 0.3) is 0 Å². The highest BCUT2D eigenvalue weighted by atomic mass is 19.4. The summed E-state index contributed by atoms with van der Waals surface area (Å²) in [6, 6.07) is 9.56. The molecule has 0 saturated heterocycles. The number of amides is 2. The molecule has 1 aliphatic carbocycles. The van der Waals surface area contributed by atoms with Crippen molar-refractivity contribution in [3.8, 4) is 0 Å². The third kappa shape index (κ3) is 4.18. The first-order valence-corrected chi connectivity index (χ1v) is 10.7. The minimum absolute atomic E-state index is 0.0253. The summed E-state index contributed by atoms with van der Waals surface area (Å²) in [6.45, 7) is 1.70. The maximum absolute atomic E-state index is 13.9. The molecule has 0 bridgehead atoms. The standard InChI is InChI=1S/C25H23F3N2O3/c1-2-29-20-13-12-18(25(26,27)28)14-21(20)30(19-6-4-3-5-7-19)24(33)22(23(29)32)17-10-8-16(15-31)9-11-17/h4,6-14,22,31H,2-3,5,15H2,1H3. The lowest BCUT2D eigenvalue weighted by Crippen LogP contribution is -2.40. The molecule has 5 nitrogen and oxygen atoms in total. The third-order valence-corrected chi connectivity index (χ3v) is 5.86. The van der Waals surface area contributed by atoms with Crippen LogP contribution >= 0.6 is 0 Å². The van der Waals surface area contributed by atoms with Crippen LogP contribution < -0.4 is 9.80 Å². The minimum Gasteiger partial charge on any atom is -0.392 e. The fourth-order valence-corrected chi connectivity index (χ4v) is 4.19. The predicted molar refractivity (Wildman–Crippen MR) is 119 cm³/mol. The number of hydrogen-bond donors (Lipinski definition) is 1. The van der Waals surface area contributed by atoms with Crippen molar-refractivity contribution in [1.29, 1.82) is 0 Å². The number of benzene rings is 2. The summed E-state index contributed by atoms with van der Waals surface area (Å²) in [5.74, 6) is -2.37. The molecule has 0 radical (unpaired) electrons. The van der Waals surface area contributed by atoms with Crippen LogP contribution in [0.5, 0.6) is 0 Å². The summed E-state index contributed by atoms with van der Waals surface area (Å²) in [6.07, 6.45) is 2.13. The van der Waals surface area contributed by atoms with Gasteiger partial charge >= 0.3 is 6.18 Å². The number of carbonyl (C=O) groups is 2. The molecular weight excluding hydrogens is 433 g/mol. The Hall–Kier alpha value is -3.39. The molecule has 1 aliphatic heterocycles. The zero-order valence-corrected chi connectivity index (χ0v) is 18.0. The maximum Gasteiger partial charge on any atom is 0.416 e. The molecule has 8 heteroatoms. The second-order valence-electron chi connectivity index (χ2n) is 7.90. The van der Waals surface area contributed by atoms with Gasteiger partial charge in [0.25, 0.3) is 0 Å². The lowest BCUT2D eigenvalue weighted by molar-refractivity contribution is -0.137. The Morgan fingerprint density at radius 1 is 1.00 bits per heavy atom. The average molecular weight is 456 g/mol. The van der Waals surface area contributed by atoms with E-state index in [0.29, 0.717) is 23.2 Å². The molecule has 172 valence electrons. The van der Waals surface area contributed by atoms with Crippen molar-refractivity contribution in [2.24, 2.45) is 0 Å². The fraction of sp³-hybridized carbons (Fsp3) is 0.280. The molecule has 1 N–H and O–H groups in total. The van der Waals surface area contributed by atoms with E-state index in [4.69, 9.17) is 0 Å². The van der Waals surface area contributed by atoms with Crippen LogP contribution in [-0.4, -0.2) is 23.5 Å².